The van der Waals surface area contributed by atoms with Crippen LogP contribution in [0, 0.1) is 13.8 Å². The van der Waals surface area contributed by atoms with E-state index in [9.17, 15) is 18.3 Å². The summed E-state index contributed by atoms with van der Waals surface area (Å²) in [7, 11) is -1.88. The van der Waals surface area contributed by atoms with E-state index in [-0.39, 0.29) is 16.5 Å². The quantitative estimate of drug-likeness (QED) is 0.871. The maximum absolute atomic E-state index is 13.5. The number of carbonyl (C=O) groups is 1. The molecule has 27 heavy (non-hydrogen) atoms. The number of aryl methyl sites for hydroxylation is 1. The molecule has 0 bridgehead atoms. The second kappa shape index (κ2) is 7.42. The van der Waals surface area contributed by atoms with Gasteiger partial charge in [-0.25, -0.2) is 13.2 Å². The van der Waals surface area contributed by atoms with Crippen molar-refractivity contribution in [3.05, 3.63) is 64.7 Å². The number of hydrogen-bond acceptors (Lipinski definition) is 4. The van der Waals surface area contributed by atoms with Crippen molar-refractivity contribution in [3.8, 4) is 0 Å². The number of rotatable bonds is 4. The molecule has 1 saturated heterocycles. The van der Waals surface area contributed by atoms with Crippen LogP contribution >= 0.6 is 0 Å². The molecule has 0 aliphatic carbocycles. The molecule has 1 atom stereocenters. The summed E-state index contributed by atoms with van der Waals surface area (Å²) in [6, 6.07) is 12.0. The summed E-state index contributed by atoms with van der Waals surface area (Å²) in [5.74, 6) is -1.13. The lowest BCUT2D eigenvalue weighted by molar-refractivity contribution is 0.0696. The van der Waals surface area contributed by atoms with Crippen molar-refractivity contribution in [2.75, 3.05) is 26.7 Å². The van der Waals surface area contributed by atoms with Crippen LogP contribution in [-0.2, 0) is 10.0 Å². The zero-order chi connectivity index (χ0) is 19.8. The van der Waals surface area contributed by atoms with Crippen LogP contribution in [0.25, 0.3) is 0 Å². The molecule has 0 radical (unpaired) electrons. The summed E-state index contributed by atoms with van der Waals surface area (Å²) in [4.78, 5) is 13.6. The van der Waals surface area contributed by atoms with Gasteiger partial charge in [0.05, 0.1) is 16.5 Å². The van der Waals surface area contributed by atoms with Gasteiger partial charge in [0.15, 0.2) is 0 Å². The predicted molar refractivity (Wildman–Crippen MR) is 103 cm³/mol. The van der Waals surface area contributed by atoms with E-state index in [0.717, 1.165) is 5.56 Å². The number of piperazine rings is 1. The number of hydrogen-bond donors (Lipinski definition) is 1. The summed E-state index contributed by atoms with van der Waals surface area (Å²) >= 11 is 0. The molecule has 2 aromatic carbocycles. The molecule has 2 aromatic rings. The van der Waals surface area contributed by atoms with Crippen LogP contribution in [-0.4, -0.2) is 55.4 Å². The monoisotopic (exact) mass is 388 g/mol. The average molecular weight is 388 g/mol. The first-order valence-electron chi connectivity index (χ1n) is 8.81. The minimum absolute atomic E-state index is 0.0120. The molecule has 7 heteroatoms. The second-order valence-corrected chi connectivity index (χ2v) is 8.88. The standard InChI is InChI=1S/C20H24N2O4S/c1-14-11-17(20(23)24)12-19(15(14)2)27(25,26)22-10-9-21(3)13-18(22)16-7-5-4-6-8-16/h4-8,11-12,18H,9-10,13H2,1-3H3,(H,23,24). The van der Waals surface area contributed by atoms with Crippen molar-refractivity contribution < 1.29 is 18.3 Å². The van der Waals surface area contributed by atoms with Gasteiger partial charge in [0, 0.05) is 19.6 Å². The number of carboxylic acids is 1. The Morgan fingerprint density at radius 1 is 1.11 bits per heavy atom. The molecule has 6 nitrogen and oxygen atoms in total. The first kappa shape index (κ1) is 19.5. The average Bonchev–Trinajstić information content (AvgIpc) is 2.64. The van der Waals surface area contributed by atoms with E-state index in [2.05, 4.69) is 4.90 Å². The van der Waals surface area contributed by atoms with Gasteiger partial charge in [-0.2, -0.15) is 4.31 Å². The fourth-order valence-electron chi connectivity index (χ4n) is 3.48. The van der Waals surface area contributed by atoms with Crippen molar-refractivity contribution in [1.82, 2.24) is 9.21 Å². The van der Waals surface area contributed by atoms with Crippen molar-refractivity contribution >= 4 is 16.0 Å². The Balaban J connectivity index is 2.11. The number of aromatic carboxylic acids is 1. The fourth-order valence-corrected chi connectivity index (χ4v) is 5.40. The molecular formula is C20H24N2O4S. The topological polar surface area (TPSA) is 77.9 Å². The number of benzene rings is 2. The Labute approximate surface area is 160 Å². The van der Waals surface area contributed by atoms with Gasteiger partial charge >= 0.3 is 5.97 Å². The molecular weight excluding hydrogens is 364 g/mol. The molecule has 144 valence electrons. The van der Waals surface area contributed by atoms with Crippen LogP contribution in [0.2, 0.25) is 0 Å². The third kappa shape index (κ3) is 3.76. The van der Waals surface area contributed by atoms with Crippen LogP contribution in [0.15, 0.2) is 47.4 Å². The molecule has 1 aliphatic rings. The lowest BCUT2D eigenvalue weighted by atomic mass is 10.1. The van der Waals surface area contributed by atoms with Gasteiger partial charge in [0.1, 0.15) is 0 Å². The van der Waals surface area contributed by atoms with Gasteiger partial charge in [-0.05, 0) is 49.7 Å². The van der Waals surface area contributed by atoms with Crippen molar-refractivity contribution in [1.29, 1.82) is 0 Å². The largest absolute Gasteiger partial charge is 0.478 e. The zero-order valence-corrected chi connectivity index (χ0v) is 16.5. The van der Waals surface area contributed by atoms with E-state index in [0.29, 0.717) is 30.8 Å². The van der Waals surface area contributed by atoms with Gasteiger partial charge in [-0.3, -0.25) is 0 Å². The predicted octanol–water partition coefficient (Wildman–Crippen LogP) is 2.68. The number of sulfonamides is 1. The minimum atomic E-state index is -3.85. The van der Waals surface area contributed by atoms with Crippen LogP contribution < -0.4 is 0 Å². The van der Waals surface area contributed by atoms with Crippen LogP contribution in [0.4, 0.5) is 0 Å². The second-order valence-electron chi connectivity index (χ2n) is 7.03. The van der Waals surface area contributed by atoms with Gasteiger partial charge in [0.25, 0.3) is 0 Å². The van der Waals surface area contributed by atoms with E-state index in [1.807, 2.05) is 37.4 Å². The third-order valence-corrected chi connectivity index (χ3v) is 7.21. The highest BCUT2D eigenvalue weighted by Crippen LogP contribution is 2.33. The molecule has 0 spiro atoms. The van der Waals surface area contributed by atoms with Gasteiger partial charge < -0.3 is 10.0 Å². The van der Waals surface area contributed by atoms with E-state index in [1.54, 1.807) is 13.8 Å². The van der Waals surface area contributed by atoms with Crippen molar-refractivity contribution in [2.24, 2.45) is 0 Å². The molecule has 1 unspecified atom stereocenters. The summed E-state index contributed by atoms with van der Waals surface area (Å²) in [5, 5.41) is 9.35. The van der Waals surface area contributed by atoms with Crippen molar-refractivity contribution in [2.45, 2.75) is 24.8 Å². The number of nitrogens with zero attached hydrogens (tertiary/aromatic N) is 2. The summed E-state index contributed by atoms with van der Waals surface area (Å²) < 4.78 is 28.6. The van der Waals surface area contributed by atoms with E-state index in [1.165, 1.54) is 16.4 Å². The normalized spacial score (nSPS) is 19.1. The molecule has 0 aromatic heterocycles. The maximum Gasteiger partial charge on any atom is 0.335 e. The van der Waals surface area contributed by atoms with Crippen molar-refractivity contribution in [3.63, 3.8) is 0 Å². The molecule has 1 heterocycles. The summed E-state index contributed by atoms with van der Waals surface area (Å²) in [6.07, 6.45) is 0. The highest BCUT2D eigenvalue weighted by molar-refractivity contribution is 7.89. The SMILES string of the molecule is Cc1cc(C(=O)O)cc(S(=O)(=O)N2CCN(C)CC2c2ccccc2)c1C. The molecule has 0 saturated carbocycles. The Morgan fingerprint density at radius 3 is 2.41 bits per heavy atom. The van der Waals surface area contributed by atoms with Crippen LogP contribution in [0.3, 0.4) is 0 Å². The van der Waals surface area contributed by atoms with E-state index >= 15 is 0 Å². The van der Waals surface area contributed by atoms with Crippen LogP contribution in [0.1, 0.15) is 33.1 Å². The Morgan fingerprint density at radius 2 is 1.78 bits per heavy atom. The molecule has 1 aliphatic heterocycles. The number of carboxylic acid groups (broad SMARTS) is 1. The fraction of sp³-hybridized carbons (Fsp3) is 0.350. The summed E-state index contributed by atoms with van der Waals surface area (Å²) in [5.41, 5.74) is 2.16. The highest BCUT2D eigenvalue weighted by Gasteiger charge is 2.37. The number of likely N-dealkylation sites (N-methyl/N-ethyl adjacent to an activating group) is 1. The van der Waals surface area contributed by atoms with E-state index < -0.39 is 16.0 Å². The lowest BCUT2D eigenvalue weighted by Crippen LogP contribution is -2.49. The maximum atomic E-state index is 13.5. The molecule has 0 amide bonds. The lowest BCUT2D eigenvalue weighted by Gasteiger charge is -2.39. The first-order valence-corrected chi connectivity index (χ1v) is 10.3. The third-order valence-electron chi connectivity index (χ3n) is 5.17. The first-order chi connectivity index (χ1) is 12.7. The molecule has 1 fully saturated rings. The minimum Gasteiger partial charge on any atom is -0.478 e. The molecule has 1 N–H and O–H groups in total. The Kier molecular flexibility index (Phi) is 5.37. The van der Waals surface area contributed by atoms with Gasteiger partial charge in [-0.1, -0.05) is 30.3 Å². The zero-order valence-electron chi connectivity index (χ0n) is 15.7. The Bertz CT molecular complexity index is 957. The Hall–Kier alpha value is -2.22. The highest BCUT2D eigenvalue weighted by atomic mass is 32.2. The van der Waals surface area contributed by atoms with Gasteiger partial charge in [-0.15, -0.1) is 0 Å². The van der Waals surface area contributed by atoms with Crippen LogP contribution in [0.5, 0.6) is 0 Å². The summed E-state index contributed by atoms with van der Waals surface area (Å²) in [6.45, 7) is 5.02. The smallest absolute Gasteiger partial charge is 0.335 e. The van der Waals surface area contributed by atoms with Gasteiger partial charge in [0.2, 0.25) is 10.0 Å². The van der Waals surface area contributed by atoms with E-state index in [4.69, 9.17) is 0 Å². The molecule has 3 rings (SSSR count).